The summed E-state index contributed by atoms with van der Waals surface area (Å²) < 4.78 is 2.06. The molecule has 1 aromatic carbocycles. The van der Waals surface area contributed by atoms with Crippen molar-refractivity contribution in [2.75, 3.05) is 0 Å². The molecule has 3 aromatic rings. The zero-order valence-corrected chi connectivity index (χ0v) is 12.6. The predicted molar refractivity (Wildman–Crippen MR) is 88.5 cm³/mol. The van der Waals surface area contributed by atoms with E-state index in [1.807, 2.05) is 24.4 Å². The highest BCUT2D eigenvalue weighted by atomic mass is 15.0. The molecule has 0 atom stereocenters. The number of imidazole rings is 1. The van der Waals surface area contributed by atoms with Gasteiger partial charge in [0.2, 0.25) is 0 Å². The van der Waals surface area contributed by atoms with Crippen LogP contribution < -0.4 is 0 Å². The molecular weight excluding hydrogens is 256 g/mol. The molecule has 108 valence electrons. The first kappa shape index (κ1) is 13.9. The van der Waals surface area contributed by atoms with Crippen molar-refractivity contribution in [1.82, 2.24) is 9.38 Å². The van der Waals surface area contributed by atoms with Gasteiger partial charge in [-0.3, -0.25) is 0 Å². The van der Waals surface area contributed by atoms with Gasteiger partial charge in [0.1, 0.15) is 5.65 Å². The SMILES string of the molecule is CCCCCCc1ccc(-c2cn3ccccc3n2)cc1. The van der Waals surface area contributed by atoms with Crippen molar-refractivity contribution in [3.05, 3.63) is 60.4 Å². The summed E-state index contributed by atoms with van der Waals surface area (Å²) in [6, 6.07) is 14.9. The van der Waals surface area contributed by atoms with Gasteiger partial charge in [0.25, 0.3) is 0 Å². The monoisotopic (exact) mass is 278 g/mol. The van der Waals surface area contributed by atoms with Crippen molar-refractivity contribution in [3.8, 4) is 11.3 Å². The van der Waals surface area contributed by atoms with E-state index in [2.05, 4.69) is 46.8 Å². The van der Waals surface area contributed by atoms with Gasteiger partial charge >= 0.3 is 0 Å². The Hall–Kier alpha value is -2.09. The average molecular weight is 278 g/mol. The summed E-state index contributed by atoms with van der Waals surface area (Å²) in [5.41, 5.74) is 4.66. The highest BCUT2D eigenvalue weighted by Crippen LogP contribution is 2.20. The van der Waals surface area contributed by atoms with Crippen molar-refractivity contribution in [2.45, 2.75) is 39.0 Å². The highest BCUT2D eigenvalue weighted by molar-refractivity contribution is 5.62. The lowest BCUT2D eigenvalue weighted by molar-refractivity contribution is 0.667. The van der Waals surface area contributed by atoms with Gasteiger partial charge in [-0.1, -0.05) is 56.5 Å². The molecule has 0 aliphatic rings. The Balaban J connectivity index is 1.71. The molecule has 21 heavy (non-hydrogen) atoms. The van der Waals surface area contributed by atoms with Gasteiger partial charge in [-0.15, -0.1) is 0 Å². The van der Waals surface area contributed by atoms with E-state index in [-0.39, 0.29) is 0 Å². The standard InChI is InChI=1S/C19H22N2/c1-2-3-4-5-8-16-10-12-17(13-11-16)18-15-21-14-7-6-9-19(21)20-18/h6-7,9-15H,2-5,8H2,1H3. The fraction of sp³-hybridized carbons (Fsp3) is 0.316. The van der Waals surface area contributed by atoms with Crippen LogP contribution in [0.2, 0.25) is 0 Å². The highest BCUT2D eigenvalue weighted by Gasteiger charge is 2.03. The largest absolute Gasteiger partial charge is 0.306 e. The first-order chi connectivity index (χ1) is 10.4. The lowest BCUT2D eigenvalue weighted by Crippen LogP contribution is -1.86. The van der Waals surface area contributed by atoms with Crippen molar-refractivity contribution in [3.63, 3.8) is 0 Å². The lowest BCUT2D eigenvalue weighted by atomic mass is 10.0. The summed E-state index contributed by atoms with van der Waals surface area (Å²) in [5, 5.41) is 0. The topological polar surface area (TPSA) is 17.3 Å². The number of rotatable bonds is 6. The molecule has 2 heterocycles. The van der Waals surface area contributed by atoms with Gasteiger partial charge in [-0.2, -0.15) is 0 Å². The lowest BCUT2D eigenvalue weighted by Gasteiger charge is -2.02. The molecule has 0 N–H and O–H groups in total. The van der Waals surface area contributed by atoms with Crippen molar-refractivity contribution < 1.29 is 0 Å². The number of unbranched alkanes of at least 4 members (excludes halogenated alkanes) is 3. The van der Waals surface area contributed by atoms with Crippen molar-refractivity contribution >= 4 is 5.65 Å². The molecule has 0 saturated carbocycles. The zero-order chi connectivity index (χ0) is 14.5. The van der Waals surface area contributed by atoms with Crippen LogP contribution in [-0.4, -0.2) is 9.38 Å². The maximum absolute atomic E-state index is 4.66. The fourth-order valence-electron chi connectivity index (χ4n) is 2.67. The van der Waals surface area contributed by atoms with E-state index in [1.54, 1.807) is 0 Å². The predicted octanol–water partition coefficient (Wildman–Crippen LogP) is 5.12. The van der Waals surface area contributed by atoms with Gasteiger partial charge in [0.05, 0.1) is 5.69 Å². The van der Waals surface area contributed by atoms with E-state index in [0.29, 0.717) is 0 Å². The molecule has 2 nitrogen and oxygen atoms in total. The summed E-state index contributed by atoms with van der Waals surface area (Å²) in [5.74, 6) is 0. The minimum atomic E-state index is 0.996. The van der Waals surface area contributed by atoms with Gasteiger partial charge < -0.3 is 4.40 Å². The van der Waals surface area contributed by atoms with Crippen molar-refractivity contribution in [1.29, 1.82) is 0 Å². The number of aromatic nitrogens is 2. The van der Waals surface area contributed by atoms with E-state index in [4.69, 9.17) is 0 Å². The molecule has 2 aromatic heterocycles. The minimum Gasteiger partial charge on any atom is -0.306 e. The number of nitrogens with zero attached hydrogens (tertiary/aromatic N) is 2. The number of benzene rings is 1. The van der Waals surface area contributed by atoms with Crippen LogP contribution in [0.5, 0.6) is 0 Å². The molecule has 3 rings (SSSR count). The Kier molecular flexibility index (Phi) is 4.34. The van der Waals surface area contributed by atoms with Gasteiger partial charge in [0.15, 0.2) is 0 Å². The number of fused-ring (bicyclic) bond motifs is 1. The Bertz CT molecular complexity index is 662. The van der Waals surface area contributed by atoms with Gasteiger partial charge in [-0.05, 0) is 30.5 Å². The van der Waals surface area contributed by atoms with E-state index < -0.39 is 0 Å². The maximum atomic E-state index is 4.66. The molecule has 0 amide bonds. The second kappa shape index (κ2) is 6.57. The summed E-state index contributed by atoms with van der Waals surface area (Å²) in [7, 11) is 0. The Morgan fingerprint density at radius 2 is 1.81 bits per heavy atom. The Labute approximate surface area is 126 Å². The number of aryl methyl sites for hydroxylation is 1. The minimum absolute atomic E-state index is 0.996. The molecule has 0 aliphatic carbocycles. The second-order valence-electron chi connectivity index (χ2n) is 5.60. The fourth-order valence-corrected chi connectivity index (χ4v) is 2.67. The molecule has 0 bridgehead atoms. The normalized spacial score (nSPS) is 11.1. The molecular formula is C19H22N2. The summed E-state index contributed by atoms with van der Waals surface area (Å²) in [6.07, 6.45) is 10.6. The summed E-state index contributed by atoms with van der Waals surface area (Å²) in [4.78, 5) is 4.66. The molecule has 0 unspecified atom stereocenters. The second-order valence-corrected chi connectivity index (χ2v) is 5.60. The van der Waals surface area contributed by atoms with Crippen molar-refractivity contribution in [2.24, 2.45) is 0 Å². The number of pyridine rings is 1. The Morgan fingerprint density at radius 3 is 2.57 bits per heavy atom. The molecule has 0 fully saturated rings. The van der Waals surface area contributed by atoms with Gasteiger partial charge in [0, 0.05) is 18.0 Å². The van der Waals surface area contributed by atoms with Crippen LogP contribution in [0.15, 0.2) is 54.9 Å². The quantitative estimate of drug-likeness (QED) is 0.572. The third-order valence-corrected chi connectivity index (χ3v) is 3.93. The van der Waals surface area contributed by atoms with Crippen LogP contribution in [0.25, 0.3) is 16.9 Å². The first-order valence-corrected chi connectivity index (χ1v) is 7.90. The molecule has 0 radical (unpaired) electrons. The number of hydrogen-bond donors (Lipinski definition) is 0. The van der Waals surface area contributed by atoms with Crippen LogP contribution in [0.4, 0.5) is 0 Å². The zero-order valence-electron chi connectivity index (χ0n) is 12.6. The average Bonchev–Trinajstić information content (AvgIpc) is 2.96. The molecule has 2 heteroatoms. The smallest absolute Gasteiger partial charge is 0.137 e. The first-order valence-electron chi connectivity index (χ1n) is 7.90. The summed E-state index contributed by atoms with van der Waals surface area (Å²) in [6.45, 7) is 2.25. The maximum Gasteiger partial charge on any atom is 0.137 e. The third kappa shape index (κ3) is 3.33. The van der Waals surface area contributed by atoms with Crippen LogP contribution >= 0.6 is 0 Å². The van der Waals surface area contributed by atoms with E-state index in [0.717, 1.165) is 11.3 Å². The van der Waals surface area contributed by atoms with E-state index >= 15 is 0 Å². The van der Waals surface area contributed by atoms with Crippen LogP contribution in [0.1, 0.15) is 38.2 Å². The molecule has 0 spiro atoms. The van der Waals surface area contributed by atoms with E-state index in [1.165, 1.54) is 43.2 Å². The molecule has 0 aliphatic heterocycles. The summed E-state index contributed by atoms with van der Waals surface area (Å²) >= 11 is 0. The van der Waals surface area contributed by atoms with Gasteiger partial charge in [-0.25, -0.2) is 4.98 Å². The van der Waals surface area contributed by atoms with Crippen LogP contribution in [0.3, 0.4) is 0 Å². The van der Waals surface area contributed by atoms with E-state index in [9.17, 15) is 0 Å². The number of hydrogen-bond acceptors (Lipinski definition) is 1. The Morgan fingerprint density at radius 1 is 0.952 bits per heavy atom. The van der Waals surface area contributed by atoms with Crippen LogP contribution in [0, 0.1) is 0 Å². The molecule has 0 saturated heterocycles. The third-order valence-electron chi connectivity index (χ3n) is 3.93. The van der Waals surface area contributed by atoms with Crippen LogP contribution in [-0.2, 0) is 6.42 Å².